The summed E-state index contributed by atoms with van der Waals surface area (Å²) >= 11 is 0. The minimum absolute atomic E-state index is 0.142. The number of carbonyl (C=O) groups excluding carboxylic acids is 2. The molecule has 0 bridgehead atoms. The van der Waals surface area contributed by atoms with Crippen LogP contribution >= 0.6 is 0 Å². The van der Waals surface area contributed by atoms with Gasteiger partial charge in [-0.15, -0.1) is 0 Å². The normalized spacial score (nSPS) is 11.8. The molecule has 0 aromatic heterocycles. The van der Waals surface area contributed by atoms with Crippen LogP contribution in [0.25, 0.3) is 0 Å². The monoisotopic (exact) mass is 278 g/mol. The lowest BCUT2D eigenvalue weighted by atomic mass is 10.0. The number of ether oxygens (including phenoxy) is 1. The Hall–Kier alpha value is -1.88. The number of anilines is 1. The van der Waals surface area contributed by atoms with Crippen molar-refractivity contribution >= 4 is 17.6 Å². The van der Waals surface area contributed by atoms with Gasteiger partial charge in [0.2, 0.25) is 5.91 Å². The van der Waals surface area contributed by atoms with E-state index in [4.69, 9.17) is 10.5 Å². The minimum atomic E-state index is -0.463. The van der Waals surface area contributed by atoms with E-state index >= 15 is 0 Å². The van der Waals surface area contributed by atoms with Crippen LogP contribution in [0.15, 0.2) is 18.2 Å². The maximum Gasteiger partial charge on any atom is 0.339 e. The molecule has 5 heteroatoms. The van der Waals surface area contributed by atoms with Crippen LogP contribution in [-0.4, -0.2) is 25.5 Å². The molecule has 110 valence electrons. The summed E-state index contributed by atoms with van der Waals surface area (Å²) in [5.41, 5.74) is 7.35. The molecule has 0 saturated carbocycles. The smallest absolute Gasteiger partial charge is 0.339 e. The number of aryl methyl sites for hydroxylation is 1. The minimum Gasteiger partial charge on any atom is -0.465 e. The van der Waals surface area contributed by atoms with Gasteiger partial charge >= 0.3 is 5.97 Å². The van der Waals surface area contributed by atoms with Gasteiger partial charge < -0.3 is 15.8 Å². The third-order valence-electron chi connectivity index (χ3n) is 3.24. The first-order valence-corrected chi connectivity index (χ1v) is 6.70. The molecule has 0 heterocycles. The van der Waals surface area contributed by atoms with Crippen molar-refractivity contribution in [3.8, 4) is 0 Å². The SMILES string of the molecule is CCC(CN)CC(=O)Nc1ccc(C)cc1C(=O)OC. The first-order valence-electron chi connectivity index (χ1n) is 6.70. The van der Waals surface area contributed by atoms with Gasteiger partial charge in [-0.1, -0.05) is 25.0 Å². The van der Waals surface area contributed by atoms with Gasteiger partial charge in [-0.25, -0.2) is 4.79 Å². The van der Waals surface area contributed by atoms with Gasteiger partial charge in [-0.05, 0) is 31.5 Å². The summed E-state index contributed by atoms with van der Waals surface area (Å²) in [5, 5.41) is 2.76. The highest BCUT2D eigenvalue weighted by Crippen LogP contribution is 2.19. The number of rotatable bonds is 6. The molecule has 0 radical (unpaired) electrons. The molecule has 1 aromatic rings. The number of hydrogen-bond donors (Lipinski definition) is 2. The van der Waals surface area contributed by atoms with E-state index in [0.29, 0.717) is 24.2 Å². The third-order valence-corrected chi connectivity index (χ3v) is 3.24. The fourth-order valence-electron chi connectivity index (χ4n) is 1.90. The summed E-state index contributed by atoms with van der Waals surface area (Å²) in [6.45, 7) is 4.35. The molecule has 1 rings (SSSR count). The zero-order valence-electron chi connectivity index (χ0n) is 12.2. The third kappa shape index (κ3) is 4.35. The lowest BCUT2D eigenvalue weighted by Crippen LogP contribution is -2.22. The van der Waals surface area contributed by atoms with E-state index in [1.54, 1.807) is 12.1 Å². The van der Waals surface area contributed by atoms with Crippen LogP contribution in [0.1, 0.15) is 35.7 Å². The summed E-state index contributed by atoms with van der Waals surface area (Å²) in [5.74, 6) is -0.451. The lowest BCUT2D eigenvalue weighted by Gasteiger charge is -2.14. The highest BCUT2D eigenvalue weighted by atomic mass is 16.5. The quantitative estimate of drug-likeness (QED) is 0.781. The van der Waals surface area contributed by atoms with Crippen molar-refractivity contribution in [1.82, 2.24) is 0 Å². The molecule has 5 nitrogen and oxygen atoms in total. The van der Waals surface area contributed by atoms with Crippen molar-refractivity contribution in [2.75, 3.05) is 19.0 Å². The number of nitrogens with two attached hydrogens (primary N) is 1. The molecule has 1 atom stereocenters. The predicted octanol–water partition coefficient (Wildman–Crippen LogP) is 2.10. The van der Waals surface area contributed by atoms with Gasteiger partial charge in [0.05, 0.1) is 18.4 Å². The van der Waals surface area contributed by atoms with Crippen molar-refractivity contribution in [2.45, 2.75) is 26.7 Å². The second-order valence-corrected chi connectivity index (χ2v) is 4.80. The number of carbonyl (C=O) groups is 2. The average molecular weight is 278 g/mol. The summed E-state index contributed by atoms with van der Waals surface area (Å²) in [6, 6.07) is 5.24. The first-order chi connectivity index (χ1) is 9.51. The van der Waals surface area contributed by atoms with Crippen LogP contribution in [0, 0.1) is 12.8 Å². The molecule has 20 heavy (non-hydrogen) atoms. The van der Waals surface area contributed by atoms with E-state index in [1.807, 2.05) is 19.9 Å². The van der Waals surface area contributed by atoms with Crippen molar-refractivity contribution in [1.29, 1.82) is 0 Å². The number of amides is 1. The Morgan fingerprint density at radius 2 is 2.10 bits per heavy atom. The molecule has 0 aliphatic heterocycles. The van der Waals surface area contributed by atoms with Gasteiger partial charge in [0, 0.05) is 6.42 Å². The van der Waals surface area contributed by atoms with E-state index in [2.05, 4.69) is 5.32 Å². The Bertz CT molecular complexity index is 482. The van der Waals surface area contributed by atoms with Crippen LogP contribution < -0.4 is 11.1 Å². The van der Waals surface area contributed by atoms with E-state index in [1.165, 1.54) is 7.11 Å². The lowest BCUT2D eigenvalue weighted by molar-refractivity contribution is -0.117. The second-order valence-electron chi connectivity index (χ2n) is 4.80. The predicted molar refractivity (Wildman–Crippen MR) is 78.6 cm³/mol. The molecular formula is C15H22N2O3. The van der Waals surface area contributed by atoms with Crippen LogP contribution in [0.4, 0.5) is 5.69 Å². The Labute approximate surface area is 119 Å². The standard InChI is InChI=1S/C15H22N2O3/c1-4-11(9-16)8-14(18)17-13-6-5-10(2)7-12(13)15(19)20-3/h5-7,11H,4,8-9,16H2,1-3H3,(H,17,18). The molecule has 1 amide bonds. The molecule has 0 aliphatic rings. The molecule has 0 fully saturated rings. The molecule has 3 N–H and O–H groups in total. The fraction of sp³-hybridized carbons (Fsp3) is 0.467. The Kier molecular flexibility index (Phi) is 6.18. The number of hydrogen-bond acceptors (Lipinski definition) is 4. The Morgan fingerprint density at radius 3 is 2.65 bits per heavy atom. The maximum atomic E-state index is 12.0. The van der Waals surface area contributed by atoms with Crippen LogP contribution in [0.3, 0.4) is 0 Å². The maximum absolute atomic E-state index is 12.0. The van der Waals surface area contributed by atoms with Crippen molar-refractivity contribution in [3.05, 3.63) is 29.3 Å². The highest BCUT2D eigenvalue weighted by Gasteiger charge is 2.16. The molecule has 1 aromatic carbocycles. The molecular weight excluding hydrogens is 256 g/mol. The topological polar surface area (TPSA) is 81.4 Å². The summed E-state index contributed by atoms with van der Waals surface area (Å²) in [6.07, 6.45) is 1.20. The van der Waals surface area contributed by atoms with E-state index in [9.17, 15) is 9.59 Å². The first kappa shape index (κ1) is 16.2. The molecule has 0 spiro atoms. The van der Waals surface area contributed by atoms with Crippen LogP contribution in [0.5, 0.6) is 0 Å². The van der Waals surface area contributed by atoms with Gasteiger partial charge in [-0.2, -0.15) is 0 Å². The summed E-state index contributed by atoms with van der Waals surface area (Å²) < 4.78 is 4.73. The Morgan fingerprint density at radius 1 is 1.40 bits per heavy atom. The van der Waals surface area contributed by atoms with Gasteiger partial charge in [0.15, 0.2) is 0 Å². The fourth-order valence-corrected chi connectivity index (χ4v) is 1.90. The Balaban J connectivity index is 2.86. The van der Waals surface area contributed by atoms with E-state index < -0.39 is 5.97 Å². The van der Waals surface area contributed by atoms with E-state index in [-0.39, 0.29) is 11.8 Å². The van der Waals surface area contributed by atoms with Gasteiger partial charge in [0.1, 0.15) is 0 Å². The average Bonchev–Trinajstić information content (AvgIpc) is 2.45. The van der Waals surface area contributed by atoms with Crippen molar-refractivity contribution in [3.63, 3.8) is 0 Å². The van der Waals surface area contributed by atoms with E-state index in [0.717, 1.165) is 12.0 Å². The summed E-state index contributed by atoms with van der Waals surface area (Å²) in [4.78, 5) is 23.7. The number of esters is 1. The highest BCUT2D eigenvalue weighted by molar-refractivity contribution is 6.01. The number of methoxy groups -OCH3 is 1. The molecule has 0 saturated heterocycles. The molecule has 0 aliphatic carbocycles. The number of benzene rings is 1. The van der Waals surface area contributed by atoms with Gasteiger partial charge in [-0.3, -0.25) is 4.79 Å². The van der Waals surface area contributed by atoms with Crippen molar-refractivity contribution < 1.29 is 14.3 Å². The zero-order valence-corrected chi connectivity index (χ0v) is 12.2. The second kappa shape index (κ2) is 7.65. The van der Waals surface area contributed by atoms with Crippen molar-refractivity contribution in [2.24, 2.45) is 11.7 Å². The van der Waals surface area contributed by atoms with Gasteiger partial charge in [0.25, 0.3) is 0 Å². The van der Waals surface area contributed by atoms with Crippen LogP contribution in [-0.2, 0) is 9.53 Å². The summed E-state index contributed by atoms with van der Waals surface area (Å²) in [7, 11) is 1.32. The molecule has 1 unspecified atom stereocenters. The largest absolute Gasteiger partial charge is 0.465 e. The van der Waals surface area contributed by atoms with Crippen LogP contribution in [0.2, 0.25) is 0 Å². The zero-order chi connectivity index (χ0) is 15.1. The number of nitrogens with one attached hydrogen (secondary N) is 1.